The molecule has 0 atom stereocenters. The minimum atomic E-state index is -0.115. The standard InChI is InChI=1S/C17H15BrN2O3/c1-20-14-9-13(6-7-15(14)23-10-17(20)22)19-16(21)8-11-2-4-12(18)5-3-11/h2-7,9H,8,10H2,1H3,(H,19,21). The van der Waals surface area contributed by atoms with E-state index in [1.165, 1.54) is 4.90 Å². The largest absolute Gasteiger partial charge is 0.482 e. The fourth-order valence-corrected chi connectivity index (χ4v) is 2.61. The van der Waals surface area contributed by atoms with Crippen molar-refractivity contribution in [3.05, 3.63) is 52.5 Å². The van der Waals surface area contributed by atoms with E-state index in [1.807, 2.05) is 24.3 Å². The molecule has 0 aromatic heterocycles. The Bertz CT molecular complexity index is 759. The number of rotatable bonds is 3. The van der Waals surface area contributed by atoms with Crippen LogP contribution in [0.5, 0.6) is 5.75 Å². The second-order valence-corrected chi connectivity index (χ2v) is 6.19. The number of benzene rings is 2. The SMILES string of the molecule is CN1C(=O)COc2ccc(NC(=O)Cc3ccc(Br)cc3)cc21. The molecule has 1 aliphatic rings. The van der Waals surface area contributed by atoms with Crippen molar-refractivity contribution in [1.82, 2.24) is 0 Å². The van der Waals surface area contributed by atoms with Crippen LogP contribution in [0, 0.1) is 0 Å². The molecule has 5 nitrogen and oxygen atoms in total. The Morgan fingerprint density at radius 3 is 2.74 bits per heavy atom. The average molecular weight is 375 g/mol. The van der Waals surface area contributed by atoms with E-state index in [4.69, 9.17) is 4.74 Å². The number of anilines is 2. The van der Waals surface area contributed by atoms with Gasteiger partial charge in [-0.25, -0.2) is 0 Å². The predicted molar refractivity (Wildman–Crippen MR) is 91.8 cm³/mol. The number of likely N-dealkylation sites (N-methyl/N-ethyl adjacent to an activating group) is 1. The Morgan fingerprint density at radius 2 is 2.00 bits per heavy atom. The number of halogens is 1. The van der Waals surface area contributed by atoms with Crippen molar-refractivity contribution in [3.8, 4) is 5.75 Å². The predicted octanol–water partition coefficient (Wildman–Crippen LogP) is 2.99. The Morgan fingerprint density at radius 1 is 1.26 bits per heavy atom. The first-order valence-electron chi connectivity index (χ1n) is 7.10. The van der Waals surface area contributed by atoms with Crippen LogP contribution >= 0.6 is 15.9 Å². The van der Waals surface area contributed by atoms with E-state index in [9.17, 15) is 9.59 Å². The lowest BCUT2D eigenvalue weighted by molar-refractivity contribution is -0.121. The van der Waals surface area contributed by atoms with Gasteiger partial charge in [-0.05, 0) is 35.9 Å². The Labute approximate surface area is 142 Å². The van der Waals surface area contributed by atoms with Crippen LogP contribution in [0.15, 0.2) is 46.9 Å². The maximum Gasteiger partial charge on any atom is 0.264 e. The van der Waals surface area contributed by atoms with Gasteiger partial charge in [0, 0.05) is 17.2 Å². The van der Waals surface area contributed by atoms with Gasteiger partial charge in [-0.3, -0.25) is 9.59 Å². The number of nitrogens with zero attached hydrogens (tertiary/aromatic N) is 1. The van der Waals surface area contributed by atoms with E-state index in [0.717, 1.165) is 10.0 Å². The number of nitrogens with one attached hydrogen (secondary N) is 1. The lowest BCUT2D eigenvalue weighted by atomic mass is 10.1. The normalized spacial score (nSPS) is 13.3. The van der Waals surface area contributed by atoms with Gasteiger partial charge in [-0.15, -0.1) is 0 Å². The molecule has 0 fully saturated rings. The first-order valence-corrected chi connectivity index (χ1v) is 7.90. The summed E-state index contributed by atoms with van der Waals surface area (Å²) in [4.78, 5) is 25.3. The zero-order valence-corrected chi connectivity index (χ0v) is 14.1. The molecule has 0 saturated heterocycles. The fourth-order valence-electron chi connectivity index (χ4n) is 2.34. The van der Waals surface area contributed by atoms with Crippen LogP contribution in [-0.2, 0) is 16.0 Å². The molecule has 0 bridgehead atoms. The van der Waals surface area contributed by atoms with Gasteiger partial charge in [-0.1, -0.05) is 28.1 Å². The molecule has 1 N–H and O–H groups in total. The number of fused-ring (bicyclic) bond motifs is 1. The van der Waals surface area contributed by atoms with Gasteiger partial charge >= 0.3 is 0 Å². The molecule has 3 rings (SSSR count). The van der Waals surface area contributed by atoms with Gasteiger partial charge in [0.2, 0.25) is 5.91 Å². The van der Waals surface area contributed by atoms with Crippen LogP contribution in [0.3, 0.4) is 0 Å². The van der Waals surface area contributed by atoms with Crippen LogP contribution in [-0.4, -0.2) is 25.5 Å². The van der Waals surface area contributed by atoms with Gasteiger partial charge in [0.15, 0.2) is 6.61 Å². The lowest BCUT2D eigenvalue weighted by Crippen LogP contribution is -2.35. The molecule has 118 valence electrons. The molecule has 0 saturated carbocycles. The third-order valence-electron chi connectivity index (χ3n) is 3.61. The number of hydrogen-bond donors (Lipinski definition) is 1. The van der Waals surface area contributed by atoms with E-state index in [2.05, 4.69) is 21.2 Å². The highest BCUT2D eigenvalue weighted by Gasteiger charge is 2.22. The van der Waals surface area contributed by atoms with Gasteiger partial charge in [0.25, 0.3) is 5.91 Å². The van der Waals surface area contributed by atoms with Crippen molar-refractivity contribution in [1.29, 1.82) is 0 Å². The fraction of sp³-hybridized carbons (Fsp3) is 0.176. The minimum absolute atomic E-state index is 0.0404. The number of hydrogen-bond acceptors (Lipinski definition) is 3. The third-order valence-corrected chi connectivity index (χ3v) is 4.14. The smallest absolute Gasteiger partial charge is 0.264 e. The summed E-state index contributed by atoms with van der Waals surface area (Å²) in [6, 6.07) is 12.9. The second-order valence-electron chi connectivity index (χ2n) is 5.28. The van der Waals surface area contributed by atoms with Crippen LogP contribution in [0.4, 0.5) is 11.4 Å². The summed E-state index contributed by atoms with van der Waals surface area (Å²) in [5, 5.41) is 2.85. The number of ether oxygens (including phenoxy) is 1. The van der Waals surface area contributed by atoms with Gasteiger partial charge < -0.3 is 15.0 Å². The molecule has 23 heavy (non-hydrogen) atoms. The van der Waals surface area contributed by atoms with Crippen molar-refractivity contribution >= 4 is 39.1 Å². The summed E-state index contributed by atoms with van der Waals surface area (Å²) in [5.74, 6) is 0.409. The third kappa shape index (κ3) is 3.53. The maximum absolute atomic E-state index is 12.1. The summed E-state index contributed by atoms with van der Waals surface area (Å²) in [6.07, 6.45) is 0.287. The van der Waals surface area contributed by atoms with Crippen molar-refractivity contribution in [2.24, 2.45) is 0 Å². The van der Waals surface area contributed by atoms with Crippen LogP contribution < -0.4 is 15.0 Å². The molecule has 0 unspecified atom stereocenters. The van der Waals surface area contributed by atoms with Crippen LogP contribution in [0.25, 0.3) is 0 Å². The van der Waals surface area contributed by atoms with Crippen molar-refractivity contribution in [2.75, 3.05) is 23.9 Å². The molecular weight excluding hydrogens is 360 g/mol. The van der Waals surface area contributed by atoms with Gasteiger partial charge in [-0.2, -0.15) is 0 Å². The molecule has 1 heterocycles. The lowest BCUT2D eigenvalue weighted by Gasteiger charge is -2.26. The Kier molecular flexibility index (Phi) is 4.34. The molecule has 6 heteroatoms. The van der Waals surface area contributed by atoms with Crippen molar-refractivity contribution in [2.45, 2.75) is 6.42 Å². The maximum atomic E-state index is 12.1. The highest BCUT2D eigenvalue weighted by Crippen LogP contribution is 2.33. The molecule has 0 spiro atoms. The molecule has 0 aliphatic carbocycles. The first-order chi connectivity index (χ1) is 11.0. The first kappa shape index (κ1) is 15.6. The minimum Gasteiger partial charge on any atom is -0.482 e. The molecule has 2 amide bonds. The van der Waals surface area contributed by atoms with E-state index >= 15 is 0 Å². The van der Waals surface area contributed by atoms with E-state index in [0.29, 0.717) is 17.1 Å². The second kappa shape index (κ2) is 6.42. The molecule has 0 radical (unpaired) electrons. The molecular formula is C17H15BrN2O3. The van der Waals surface area contributed by atoms with E-state index in [-0.39, 0.29) is 24.8 Å². The topological polar surface area (TPSA) is 58.6 Å². The summed E-state index contributed by atoms with van der Waals surface area (Å²) < 4.78 is 6.34. The van der Waals surface area contributed by atoms with Crippen LogP contribution in [0.1, 0.15) is 5.56 Å². The summed E-state index contributed by atoms with van der Waals surface area (Å²) in [7, 11) is 1.69. The summed E-state index contributed by atoms with van der Waals surface area (Å²) in [5.41, 5.74) is 2.22. The van der Waals surface area contributed by atoms with Gasteiger partial charge in [0.1, 0.15) is 5.75 Å². The Hall–Kier alpha value is -2.34. The summed E-state index contributed by atoms with van der Waals surface area (Å²) in [6.45, 7) is 0.0404. The quantitative estimate of drug-likeness (QED) is 0.898. The molecule has 2 aromatic carbocycles. The van der Waals surface area contributed by atoms with Crippen molar-refractivity contribution < 1.29 is 14.3 Å². The number of amides is 2. The Balaban J connectivity index is 1.71. The number of carbonyl (C=O) groups is 2. The van der Waals surface area contributed by atoms with E-state index in [1.54, 1.807) is 25.2 Å². The highest BCUT2D eigenvalue weighted by molar-refractivity contribution is 9.10. The van der Waals surface area contributed by atoms with Crippen molar-refractivity contribution in [3.63, 3.8) is 0 Å². The molecule has 2 aromatic rings. The molecule has 1 aliphatic heterocycles. The zero-order valence-electron chi connectivity index (χ0n) is 12.5. The number of carbonyl (C=O) groups excluding carboxylic acids is 2. The highest BCUT2D eigenvalue weighted by atomic mass is 79.9. The monoisotopic (exact) mass is 374 g/mol. The van der Waals surface area contributed by atoms with Gasteiger partial charge in [0.05, 0.1) is 12.1 Å². The van der Waals surface area contributed by atoms with E-state index < -0.39 is 0 Å². The zero-order chi connectivity index (χ0) is 16.4. The summed E-state index contributed by atoms with van der Waals surface area (Å²) >= 11 is 3.37. The average Bonchev–Trinajstić information content (AvgIpc) is 2.53. The van der Waals surface area contributed by atoms with Crippen LogP contribution in [0.2, 0.25) is 0 Å².